The first kappa shape index (κ1) is 18.3. The smallest absolute Gasteiger partial charge is 0.231 e. The van der Waals surface area contributed by atoms with Gasteiger partial charge in [-0.1, -0.05) is 41.9 Å². The lowest BCUT2D eigenvalue weighted by Crippen LogP contribution is -1.98. The lowest BCUT2D eigenvalue weighted by atomic mass is 10.1. The van der Waals surface area contributed by atoms with Gasteiger partial charge in [-0.15, -0.1) is 0 Å². The van der Waals surface area contributed by atoms with Crippen molar-refractivity contribution >= 4 is 23.5 Å². The fraction of sp³-hybridized carbons (Fsp3) is 0.0870. The lowest BCUT2D eigenvalue weighted by Gasteiger charge is -2.11. The van der Waals surface area contributed by atoms with Crippen LogP contribution in [0.15, 0.2) is 66.4 Å². The van der Waals surface area contributed by atoms with Gasteiger partial charge in [0, 0.05) is 10.6 Å². The number of ether oxygens (including phenoxy) is 2. The van der Waals surface area contributed by atoms with Crippen molar-refractivity contribution < 1.29 is 18.7 Å². The molecule has 0 atom stereocenters. The molecule has 1 aliphatic rings. The van der Waals surface area contributed by atoms with Crippen LogP contribution in [0, 0.1) is 12.7 Å². The van der Waals surface area contributed by atoms with E-state index in [0.717, 1.165) is 11.1 Å². The third-order valence-electron chi connectivity index (χ3n) is 4.54. The molecule has 4 rings (SSSR count). The van der Waals surface area contributed by atoms with Crippen LogP contribution in [0.3, 0.4) is 0 Å². The molecule has 0 spiro atoms. The second-order valence-corrected chi connectivity index (χ2v) is 6.85. The number of halogens is 2. The summed E-state index contributed by atoms with van der Waals surface area (Å²) in [5.41, 5.74) is 2.78. The Morgan fingerprint density at radius 1 is 1.07 bits per heavy atom. The molecule has 0 unspecified atom stereocenters. The first-order valence-corrected chi connectivity index (χ1v) is 9.10. The monoisotopic (exact) mass is 394 g/mol. The summed E-state index contributed by atoms with van der Waals surface area (Å²) in [7, 11) is 0. The van der Waals surface area contributed by atoms with Crippen molar-refractivity contribution in [2.75, 3.05) is 0 Å². The Morgan fingerprint density at radius 2 is 1.82 bits per heavy atom. The van der Waals surface area contributed by atoms with Gasteiger partial charge in [-0.3, -0.25) is 4.79 Å². The summed E-state index contributed by atoms with van der Waals surface area (Å²) in [5.74, 6) is 0.835. The zero-order chi connectivity index (χ0) is 19.7. The highest BCUT2D eigenvalue weighted by molar-refractivity contribution is 6.32. The Hall–Kier alpha value is -3.11. The quantitative estimate of drug-likeness (QED) is 0.510. The van der Waals surface area contributed by atoms with E-state index in [1.54, 1.807) is 36.4 Å². The summed E-state index contributed by atoms with van der Waals surface area (Å²) >= 11 is 6.17. The van der Waals surface area contributed by atoms with E-state index in [9.17, 15) is 9.18 Å². The largest absolute Gasteiger partial charge is 0.488 e. The number of allylic oxidation sites excluding steroid dienone is 1. The van der Waals surface area contributed by atoms with E-state index in [1.807, 2.05) is 25.1 Å². The zero-order valence-electron chi connectivity index (χ0n) is 15.0. The van der Waals surface area contributed by atoms with Crippen molar-refractivity contribution in [2.45, 2.75) is 13.5 Å². The second-order valence-electron chi connectivity index (χ2n) is 6.44. The maximum Gasteiger partial charge on any atom is 0.231 e. The minimum atomic E-state index is -0.290. The van der Waals surface area contributed by atoms with Crippen molar-refractivity contribution in [3.63, 3.8) is 0 Å². The maximum atomic E-state index is 13.0. The van der Waals surface area contributed by atoms with Crippen molar-refractivity contribution in [1.82, 2.24) is 0 Å². The Morgan fingerprint density at radius 3 is 2.57 bits per heavy atom. The third-order valence-corrected chi connectivity index (χ3v) is 4.88. The van der Waals surface area contributed by atoms with Crippen molar-refractivity contribution in [2.24, 2.45) is 0 Å². The van der Waals surface area contributed by atoms with Gasteiger partial charge >= 0.3 is 0 Å². The molecule has 3 nitrogen and oxygen atoms in total. The molecule has 3 aromatic carbocycles. The molecule has 0 saturated carbocycles. The molecule has 3 aromatic rings. The average molecular weight is 395 g/mol. The van der Waals surface area contributed by atoms with E-state index in [1.165, 1.54) is 12.1 Å². The SMILES string of the molecule is Cc1c(OCc2ccc(F)cc2)ccc2c1O/C(=C\c1ccccc1Cl)C2=O. The van der Waals surface area contributed by atoms with Gasteiger partial charge in [0.25, 0.3) is 0 Å². The molecule has 0 radical (unpaired) electrons. The van der Waals surface area contributed by atoms with Crippen LogP contribution in [0.4, 0.5) is 4.39 Å². The number of hydrogen-bond donors (Lipinski definition) is 0. The molecular formula is C23H16ClFO3. The van der Waals surface area contributed by atoms with E-state index >= 15 is 0 Å². The molecule has 0 aromatic heterocycles. The van der Waals surface area contributed by atoms with Gasteiger partial charge in [0.05, 0.1) is 5.56 Å². The molecule has 28 heavy (non-hydrogen) atoms. The molecule has 0 saturated heterocycles. The van der Waals surface area contributed by atoms with E-state index in [2.05, 4.69) is 0 Å². The number of fused-ring (bicyclic) bond motifs is 1. The number of ketones is 1. The molecule has 140 valence electrons. The van der Waals surface area contributed by atoms with Crippen LogP contribution in [0.1, 0.15) is 27.0 Å². The highest BCUT2D eigenvalue weighted by Gasteiger charge is 2.30. The van der Waals surface area contributed by atoms with Crippen LogP contribution in [0.5, 0.6) is 11.5 Å². The first-order valence-electron chi connectivity index (χ1n) is 8.72. The standard InChI is InChI=1S/C23H16ClFO3/c1-14-20(27-13-15-6-8-17(25)9-7-15)11-10-18-22(26)21(28-23(14)18)12-16-4-2-3-5-19(16)24/h2-12H,13H2,1H3/b21-12-. The fourth-order valence-electron chi connectivity index (χ4n) is 3.00. The van der Waals surface area contributed by atoms with E-state index in [-0.39, 0.29) is 24.0 Å². The van der Waals surface area contributed by atoms with Crippen LogP contribution >= 0.6 is 11.6 Å². The van der Waals surface area contributed by atoms with Gasteiger partial charge in [-0.2, -0.15) is 0 Å². The molecule has 0 fully saturated rings. The maximum absolute atomic E-state index is 13.0. The number of carbonyl (C=O) groups is 1. The summed E-state index contributed by atoms with van der Waals surface area (Å²) in [6.45, 7) is 2.13. The van der Waals surface area contributed by atoms with E-state index in [0.29, 0.717) is 27.6 Å². The molecule has 0 aliphatic carbocycles. The van der Waals surface area contributed by atoms with Gasteiger partial charge in [0.1, 0.15) is 23.9 Å². The summed E-state index contributed by atoms with van der Waals surface area (Å²) in [6, 6.07) is 16.8. The predicted octanol–water partition coefficient (Wildman–Crippen LogP) is 5.98. The average Bonchev–Trinajstić information content (AvgIpc) is 3.01. The highest BCUT2D eigenvalue weighted by atomic mass is 35.5. The second kappa shape index (κ2) is 7.49. The van der Waals surface area contributed by atoms with Gasteiger partial charge < -0.3 is 9.47 Å². The molecular weight excluding hydrogens is 379 g/mol. The normalized spacial score (nSPS) is 14.1. The van der Waals surface area contributed by atoms with E-state index in [4.69, 9.17) is 21.1 Å². The Labute approximate surface area is 167 Å². The number of hydrogen-bond acceptors (Lipinski definition) is 3. The van der Waals surface area contributed by atoms with Gasteiger partial charge in [-0.05, 0) is 54.5 Å². The lowest BCUT2D eigenvalue weighted by molar-refractivity contribution is 0.101. The minimum absolute atomic E-state index is 0.192. The van der Waals surface area contributed by atoms with Crippen LogP contribution in [0.2, 0.25) is 5.02 Å². The first-order chi connectivity index (χ1) is 13.5. The summed E-state index contributed by atoms with van der Waals surface area (Å²) in [6.07, 6.45) is 1.64. The van der Waals surface area contributed by atoms with Crippen LogP contribution in [0.25, 0.3) is 6.08 Å². The Balaban J connectivity index is 1.58. The Kier molecular flexibility index (Phi) is 4.88. The molecule has 1 heterocycles. The van der Waals surface area contributed by atoms with Crippen LogP contribution in [-0.4, -0.2) is 5.78 Å². The molecule has 0 amide bonds. The van der Waals surface area contributed by atoms with E-state index < -0.39 is 0 Å². The van der Waals surface area contributed by atoms with Gasteiger partial charge in [0.15, 0.2) is 5.76 Å². The number of benzene rings is 3. The van der Waals surface area contributed by atoms with Crippen molar-refractivity contribution in [1.29, 1.82) is 0 Å². The number of rotatable bonds is 4. The zero-order valence-corrected chi connectivity index (χ0v) is 15.8. The van der Waals surface area contributed by atoms with Crippen molar-refractivity contribution in [3.05, 3.63) is 99.5 Å². The molecule has 5 heteroatoms. The Bertz CT molecular complexity index is 1090. The van der Waals surface area contributed by atoms with Crippen LogP contribution < -0.4 is 9.47 Å². The van der Waals surface area contributed by atoms with Gasteiger partial charge in [0.2, 0.25) is 5.78 Å². The topological polar surface area (TPSA) is 35.5 Å². The summed E-state index contributed by atoms with van der Waals surface area (Å²) < 4.78 is 24.7. The summed E-state index contributed by atoms with van der Waals surface area (Å²) in [5, 5.41) is 0.544. The fourth-order valence-corrected chi connectivity index (χ4v) is 3.19. The molecule has 0 bridgehead atoms. The minimum Gasteiger partial charge on any atom is -0.488 e. The number of Topliss-reactive ketones (excluding diaryl/α,β-unsaturated/α-hetero) is 1. The van der Waals surface area contributed by atoms with Crippen LogP contribution in [-0.2, 0) is 6.61 Å². The summed E-state index contributed by atoms with van der Waals surface area (Å²) in [4.78, 5) is 12.7. The number of carbonyl (C=O) groups excluding carboxylic acids is 1. The molecule has 0 N–H and O–H groups in total. The predicted molar refractivity (Wildman–Crippen MR) is 106 cm³/mol. The third kappa shape index (κ3) is 3.51. The molecule has 1 aliphatic heterocycles. The van der Waals surface area contributed by atoms with Crippen molar-refractivity contribution in [3.8, 4) is 11.5 Å². The van der Waals surface area contributed by atoms with Gasteiger partial charge in [-0.25, -0.2) is 4.39 Å². The highest BCUT2D eigenvalue weighted by Crippen LogP contribution is 2.39.